The molecular formula is C6H3F2NO2. The molecule has 0 aliphatic carbocycles. The summed E-state index contributed by atoms with van der Waals surface area (Å²) in [7, 11) is 0. The Labute approximate surface area is 60.5 Å². The van der Waals surface area contributed by atoms with Crippen molar-refractivity contribution < 1.29 is 13.6 Å². The maximum atomic E-state index is 12.5. The topological polar surface area (TPSA) is 38.7 Å². The van der Waals surface area contributed by atoms with Crippen LogP contribution in [0.4, 0.5) is 8.78 Å². The molecule has 58 valence electrons. The Balaban J connectivity index is 2.98. The maximum absolute atomic E-state index is 12.5. The molecule has 0 unspecified atom stereocenters. The fourth-order valence-corrected chi connectivity index (χ4v) is 0.589. The Morgan fingerprint density at radius 3 is 2.64 bits per heavy atom. The van der Waals surface area contributed by atoms with E-state index < -0.39 is 11.6 Å². The number of nitrogens with zero attached hydrogens (tertiary/aromatic N) is 1. The first-order valence-electron chi connectivity index (χ1n) is 2.69. The molecule has 0 fully saturated rings. The van der Waals surface area contributed by atoms with Crippen LogP contribution in [0.15, 0.2) is 23.5 Å². The van der Waals surface area contributed by atoms with Gasteiger partial charge in [0, 0.05) is 6.07 Å². The van der Waals surface area contributed by atoms with Crippen molar-refractivity contribution in [2.75, 3.05) is 0 Å². The normalized spacial score (nSPS) is 9.27. The molecule has 0 atom stereocenters. The van der Waals surface area contributed by atoms with Crippen molar-refractivity contribution in [1.82, 2.24) is 0 Å². The summed E-state index contributed by atoms with van der Waals surface area (Å²) in [5, 5.41) is 1.98. The summed E-state index contributed by atoms with van der Waals surface area (Å²) < 4.78 is 24.7. The van der Waals surface area contributed by atoms with Crippen molar-refractivity contribution in [3.63, 3.8) is 0 Å². The molecule has 0 radical (unpaired) electrons. The molecule has 0 aliphatic rings. The molecule has 0 heterocycles. The zero-order valence-electron chi connectivity index (χ0n) is 5.25. The second-order valence-corrected chi connectivity index (χ2v) is 1.74. The van der Waals surface area contributed by atoms with Gasteiger partial charge >= 0.3 is 0 Å². The van der Waals surface area contributed by atoms with Crippen molar-refractivity contribution in [3.05, 3.63) is 34.7 Å². The summed E-state index contributed by atoms with van der Waals surface area (Å²) in [5.74, 6) is -2.08. The summed E-state index contributed by atoms with van der Waals surface area (Å²) in [6, 6.07) is 2.54. The van der Waals surface area contributed by atoms with Crippen LogP contribution in [-0.4, -0.2) is 0 Å². The molecule has 0 aromatic heterocycles. The summed E-state index contributed by atoms with van der Waals surface area (Å²) in [6.45, 7) is 0. The van der Waals surface area contributed by atoms with Gasteiger partial charge in [-0.05, 0) is 12.1 Å². The van der Waals surface area contributed by atoms with Crippen molar-refractivity contribution in [3.8, 4) is 5.75 Å². The summed E-state index contributed by atoms with van der Waals surface area (Å²) >= 11 is 0. The van der Waals surface area contributed by atoms with E-state index in [-0.39, 0.29) is 5.75 Å². The van der Waals surface area contributed by atoms with E-state index in [0.717, 1.165) is 12.1 Å². The number of rotatable bonds is 2. The average molecular weight is 159 g/mol. The zero-order chi connectivity index (χ0) is 8.27. The third kappa shape index (κ3) is 1.70. The van der Waals surface area contributed by atoms with Crippen LogP contribution in [-0.2, 0) is 0 Å². The van der Waals surface area contributed by atoms with E-state index in [1.165, 1.54) is 0 Å². The molecule has 0 bridgehead atoms. The highest BCUT2D eigenvalue weighted by Crippen LogP contribution is 2.17. The Hall–Kier alpha value is -1.52. The van der Waals surface area contributed by atoms with Crippen molar-refractivity contribution in [1.29, 1.82) is 0 Å². The van der Waals surface area contributed by atoms with Crippen LogP contribution in [0.25, 0.3) is 0 Å². The van der Waals surface area contributed by atoms with Crippen molar-refractivity contribution >= 4 is 0 Å². The summed E-state index contributed by atoms with van der Waals surface area (Å²) in [4.78, 5) is 13.4. The van der Waals surface area contributed by atoms with Crippen LogP contribution in [0.1, 0.15) is 0 Å². The first-order valence-corrected chi connectivity index (χ1v) is 2.69. The van der Waals surface area contributed by atoms with Crippen LogP contribution in [0.3, 0.4) is 0 Å². The molecule has 1 aromatic carbocycles. The quantitative estimate of drug-likeness (QED) is 0.489. The Bertz CT molecular complexity index is 277. The third-order valence-electron chi connectivity index (χ3n) is 1.03. The number of hydrogen-bond acceptors (Lipinski definition) is 3. The van der Waals surface area contributed by atoms with E-state index in [0.29, 0.717) is 6.07 Å². The number of hydrogen-bond donors (Lipinski definition) is 0. The van der Waals surface area contributed by atoms with Gasteiger partial charge < -0.3 is 4.84 Å². The monoisotopic (exact) mass is 159 g/mol. The fourth-order valence-electron chi connectivity index (χ4n) is 0.589. The van der Waals surface area contributed by atoms with Crippen molar-refractivity contribution in [2.45, 2.75) is 0 Å². The predicted octanol–water partition coefficient (Wildman–Crippen LogP) is 2.03. The van der Waals surface area contributed by atoms with Gasteiger partial charge in [0.2, 0.25) is 0 Å². The highest BCUT2D eigenvalue weighted by molar-refractivity contribution is 5.24. The molecule has 0 spiro atoms. The summed E-state index contributed by atoms with van der Waals surface area (Å²) in [5.41, 5.74) is 0. The van der Waals surface area contributed by atoms with Crippen LogP contribution < -0.4 is 4.84 Å². The van der Waals surface area contributed by atoms with Crippen LogP contribution in [0.5, 0.6) is 5.75 Å². The van der Waals surface area contributed by atoms with Crippen LogP contribution >= 0.6 is 0 Å². The van der Waals surface area contributed by atoms with Gasteiger partial charge in [0.1, 0.15) is 5.82 Å². The Kier molecular flexibility index (Phi) is 2.10. The third-order valence-corrected chi connectivity index (χ3v) is 1.03. The van der Waals surface area contributed by atoms with Gasteiger partial charge in [-0.1, -0.05) is 0 Å². The molecule has 11 heavy (non-hydrogen) atoms. The van der Waals surface area contributed by atoms with E-state index in [1.807, 2.05) is 5.34 Å². The lowest BCUT2D eigenvalue weighted by Gasteiger charge is -1.95. The van der Waals surface area contributed by atoms with E-state index in [4.69, 9.17) is 0 Å². The second kappa shape index (κ2) is 3.05. The molecule has 3 nitrogen and oxygen atoms in total. The van der Waals surface area contributed by atoms with Gasteiger partial charge in [0.15, 0.2) is 16.9 Å². The SMILES string of the molecule is O=NOc1ccc(F)cc1F. The second-order valence-electron chi connectivity index (χ2n) is 1.74. The maximum Gasteiger partial charge on any atom is 0.197 e. The van der Waals surface area contributed by atoms with Gasteiger partial charge in [-0.15, -0.1) is 4.91 Å². The molecular weight excluding hydrogens is 156 g/mol. The Morgan fingerprint density at radius 1 is 1.36 bits per heavy atom. The van der Waals surface area contributed by atoms with Gasteiger partial charge in [0.25, 0.3) is 0 Å². The fraction of sp³-hybridized carbons (Fsp3) is 0. The smallest absolute Gasteiger partial charge is 0.197 e. The number of benzene rings is 1. The standard InChI is InChI=1S/C6H3F2NO2/c7-4-1-2-6(11-9-10)5(8)3-4/h1-3H. The number of halogens is 2. The van der Waals surface area contributed by atoms with Gasteiger partial charge in [-0.3, -0.25) is 0 Å². The molecule has 0 saturated heterocycles. The lowest BCUT2D eigenvalue weighted by atomic mass is 10.3. The van der Waals surface area contributed by atoms with Crippen LogP contribution in [0.2, 0.25) is 0 Å². The van der Waals surface area contributed by atoms with Gasteiger partial charge in [-0.25, -0.2) is 8.78 Å². The first kappa shape index (κ1) is 7.59. The molecule has 0 amide bonds. The minimum atomic E-state index is -0.954. The van der Waals surface area contributed by atoms with Crippen molar-refractivity contribution in [2.24, 2.45) is 5.34 Å². The molecule has 0 aliphatic heterocycles. The molecule has 5 heteroatoms. The zero-order valence-corrected chi connectivity index (χ0v) is 5.25. The average Bonchev–Trinajstić information content (AvgIpc) is 1.95. The molecule has 0 N–H and O–H groups in total. The molecule has 0 saturated carbocycles. The highest BCUT2D eigenvalue weighted by Gasteiger charge is 2.04. The van der Waals surface area contributed by atoms with Crippen LogP contribution in [0, 0.1) is 16.5 Å². The Morgan fingerprint density at radius 2 is 2.09 bits per heavy atom. The molecule has 1 rings (SSSR count). The van der Waals surface area contributed by atoms with Gasteiger partial charge in [0.05, 0.1) is 0 Å². The first-order chi connectivity index (χ1) is 5.24. The minimum absolute atomic E-state index is 0.388. The van der Waals surface area contributed by atoms with E-state index in [1.54, 1.807) is 0 Å². The highest BCUT2D eigenvalue weighted by atomic mass is 19.1. The predicted molar refractivity (Wildman–Crippen MR) is 32.8 cm³/mol. The van der Waals surface area contributed by atoms with E-state index >= 15 is 0 Å². The lowest BCUT2D eigenvalue weighted by molar-refractivity contribution is 0.315. The minimum Gasteiger partial charge on any atom is -0.321 e. The lowest BCUT2D eigenvalue weighted by Crippen LogP contribution is -1.86. The van der Waals surface area contributed by atoms with Gasteiger partial charge in [-0.2, -0.15) is 0 Å². The van der Waals surface area contributed by atoms with E-state index in [9.17, 15) is 13.7 Å². The summed E-state index contributed by atoms with van der Waals surface area (Å²) in [6.07, 6.45) is 0. The largest absolute Gasteiger partial charge is 0.321 e. The molecule has 1 aromatic rings. The van der Waals surface area contributed by atoms with E-state index in [2.05, 4.69) is 4.84 Å².